The lowest BCUT2D eigenvalue weighted by Gasteiger charge is -2.13. The van der Waals surface area contributed by atoms with Gasteiger partial charge in [0.15, 0.2) is 0 Å². The van der Waals surface area contributed by atoms with Crippen LogP contribution in [0.4, 0.5) is 5.00 Å². The van der Waals surface area contributed by atoms with Gasteiger partial charge in [0.2, 0.25) is 0 Å². The largest absolute Gasteiger partial charge is 0.478 e. The standard InChI is InChI=1S/C12H15NO4S/c1-6-3-4-17-9(6)10(14)13-11-8(12(15)16)5-7(2)18-11/h5-6,9H,3-4H2,1-2H3,(H,13,14)(H,15,16). The number of hydrogen-bond acceptors (Lipinski definition) is 4. The molecule has 1 fully saturated rings. The van der Waals surface area contributed by atoms with Crippen molar-refractivity contribution in [3.8, 4) is 0 Å². The monoisotopic (exact) mass is 269 g/mol. The molecule has 98 valence electrons. The van der Waals surface area contributed by atoms with Crippen LogP contribution in [0.15, 0.2) is 6.07 Å². The molecule has 0 aromatic carbocycles. The van der Waals surface area contributed by atoms with Gasteiger partial charge in [-0.3, -0.25) is 4.79 Å². The van der Waals surface area contributed by atoms with Crippen LogP contribution in [-0.2, 0) is 9.53 Å². The number of aromatic carboxylic acids is 1. The molecule has 0 saturated carbocycles. The highest BCUT2D eigenvalue weighted by atomic mass is 32.1. The SMILES string of the molecule is Cc1cc(C(=O)O)c(NC(=O)C2OCCC2C)s1. The minimum atomic E-state index is -1.03. The first-order valence-corrected chi connectivity index (χ1v) is 6.57. The molecular weight excluding hydrogens is 254 g/mol. The average molecular weight is 269 g/mol. The zero-order chi connectivity index (χ0) is 13.3. The summed E-state index contributed by atoms with van der Waals surface area (Å²) in [5.41, 5.74) is 0.136. The fourth-order valence-electron chi connectivity index (χ4n) is 1.98. The quantitative estimate of drug-likeness (QED) is 0.881. The van der Waals surface area contributed by atoms with Crippen molar-refractivity contribution < 1.29 is 19.4 Å². The van der Waals surface area contributed by atoms with E-state index in [1.165, 1.54) is 11.3 Å². The summed E-state index contributed by atoms with van der Waals surface area (Å²) in [4.78, 5) is 23.9. The Bertz CT molecular complexity index is 482. The van der Waals surface area contributed by atoms with E-state index in [1.807, 2.05) is 13.8 Å². The number of amides is 1. The number of anilines is 1. The number of carbonyl (C=O) groups excluding carboxylic acids is 1. The number of hydrogen-bond donors (Lipinski definition) is 2. The van der Waals surface area contributed by atoms with E-state index in [9.17, 15) is 9.59 Å². The van der Waals surface area contributed by atoms with E-state index in [0.29, 0.717) is 11.6 Å². The molecule has 1 aromatic rings. The fourth-order valence-corrected chi connectivity index (χ4v) is 2.89. The van der Waals surface area contributed by atoms with Crippen molar-refractivity contribution in [3.05, 3.63) is 16.5 Å². The number of thiophene rings is 1. The third kappa shape index (κ3) is 2.54. The second-order valence-corrected chi connectivity index (χ2v) is 5.71. The predicted octanol–water partition coefficient (Wildman–Crippen LogP) is 2.12. The van der Waals surface area contributed by atoms with Crippen molar-refractivity contribution in [1.82, 2.24) is 0 Å². The molecule has 0 bridgehead atoms. The van der Waals surface area contributed by atoms with Gasteiger partial charge in [0.25, 0.3) is 5.91 Å². The Morgan fingerprint density at radius 2 is 2.28 bits per heavy atom. The van der Waals surface area contributed by atoms with Crippen molar-refractivity contribution in [2.24, 2.45) is 5.92 Å². The Morgan fingerprint density at radius 1 is 1.56 bits per heavy atom. The number of nitrogens with one attached hydrogen (secondary N) is 1. The Morgan fingerprint density at radius 3 is 2.83 bits per heavy atom. The topological polar surface area (TPSA) is 75.6 Å². The minimum Gasteiger partial charge on any atom is -0.478 e. The maximum Gasteiger partial charge on any atom is 0.338 e. The van der Waals surface area contributed by atoms with Gasteiger partial charge in [0.05, 0.1) is 5.56 Å². The van der Waals surface area contributed by atoms with Crippen LogP contribution in [-0.4, -0.2) is 29.7 Å². The van der Waals surface area contributed by atoms with Gasteiger partial charge in [0, 0.05) is 11.5 Å². The summed E-state index contributed by atoms with van der Waals surface area (Å²) in [6.07, 6.45) is 0.377. The molecule has 2 N–H and O–H groups in total. The second kappa shape index (κ2) is 5.07. The highest BCUT2D eigenvalue weighted by Gasteiger charge is 2.31. The molecule has 0 aliphatic carbocycles. The van der Waals surface area contributed by atoms with E-state index in [-0.39, 0.29) is 17.4 Å². The summed E-state index contributed by atoms with van der Waals surface area (Å²) < 4.78 is 5.35. The number of ether oxygens (including phenoxy) is 1. The van der Waals surface area contributed by atoms with Gasteiger partial charge in [-0.15, -0.1) is 11.3 Å². The molecule has 1 amide bonds. The number of carbonyl (C=O) groups is 2. The van der Waals surface area contributed by atoms with Gasteiger partial charge < -0.3 is 15.2 Å². The molecule has 5 nitrogen and oxygen atoms in total. The van der Waals surface area contributed by atoms with Gasteiger partial charge in [-0.1, -0.05) is 6.92 Å². The van der Waals surface area contributed by atoms with Gasteiger partial charge >= 0.3 is 5.97 Å². The molecule has 2 unspecified atom stereocenters. The number of aryl methyl sites for hydroxylation is 1. The molecule has 0 radical (unpaired) electrons. The van der Waals surface area contributed by atoms with Crippen molar-refractivity contribution in [2.45, 2.75) is 26.4 Å². The van der Waals surface area contributed by atoms with E-state index in [2.05, 4.69) is 5.32 Å². The zero-order valence-electron chi connectivity index (χ0n) is 10.2. The zero-order valence-corrected chi connectivity index (χ0v) is 11.0. The second-order valence-electron chi connectivity index (χ2n) is 4.45. The summed E-state index contributed by atoms with van der Waals surface area (Å²) in [6, 6.07) is 1.56. The van der Waals surface area contributed by atoms with Crippen LogP contribution in [0.25, 0.3) is 0 Å². The maximum atomic E-state index is 12.0. The van der Waals surface area contributed by atoms with Gasteiger partial charge in [-0.2, -0.15) is 0 Å². The molecule has 18 heavy (non-hydrogen) atoms. The Balaban J connectivity index is 2.14. The van der Waals surface area contributed by atoms with Crippen molar-refractivity contribution in [3.63, 3.8) is 0 Å². The Kier molecular flexibility index (Phi) is 3.68. The lowest BCUT2D eigenvalue weighted by atomic mass is 10.0. The van der Waals surface area contributed by atoms with Gasteiger partial charge in [0.1, 0.15) is 11.1 Å². The molecule has 1 aromatic heterocycles. The molecule has 2 heterocycles. The van der Waals surface area contributed by atoms with Crippen LogP contribution < -0.4 is 5.32 Å². The van der Waals surface area contributed by atoms with E-state index in [4.69, 9.17) is 9.84 Å². The summed E-state index contributed by atoms with van der Waals surface area (Å²) >= 11 is 1.26. The lowest BCUT2D eigenvalue weighted by molar-refractivity contribution is -0.126. The number of rotatable bonds is 3. The summed E-state index contributed by atoms with van der Waals surface area (Å²) in [5.74, 6) is -1.13. The van der Waals surface area contributed by atoms with Crippen LogP contribution in [0.1, 0.15) is 28.6 Å². The van der Waals surface area contributed by atoms with Crippen molar-refractivity contribution >= 4 is 28.2 Å². The smallest absolute Gasteiger partial charge is 0.338 e. The third-order valence-corrected chi connectivity index (χ3v) is 3.93. The first-order valence-electron chi connectivity index (χ1n) is 5.75. The lowest BCUT2D eigenvalue weighted by Crippen LogP contribution is -2.31. The minimum absolute atomic E-state index is 0.136. The normalized spacial score (nSPS) is 23.0. The summed E-state index contributed by atoms with van der Waals surface area (Å²) in [5, 5.41) is 12.1. The molecule has 1 saturated heterocycles. The highest BCUT2D eigenvalue weighted by molar-refractivity contribution is 7.16. The van der Waals surface area contributed by atoms with Crippen LogP contribution in [0.2, 0.25) is 0 Å². The fraction of sp³-hybridized carbons (Fsp3) is 0.500. The first kappa shape index (κ1) is 13.0. The van der Waals surface area contributed by atoms with Gasteiger partial charge in [-0.05, 0) is 25.3 Å². The number of carboxylic acid groups (broad SMARTS) is 1. The molecule has 2 atom stereocenters. The van der Waals surface area contributed by atoms with E-state index < -0.39 is 12.1 Å². The van der Waals surface area contributed by atoms with E-state index in [1.54, 1.807) is 6.07 Å². The average Bonchev–Trinajstić information content (AvgIpc) is 2.84. The molecule has 1 aliphatic rings. The molecule has 6 heteroatoms. The predicted molar refractivity (Wildman–Crippen MR) is 68.2 cm³/mol. The van der Waals surface area contributed by atoms with E-state index in [0.717, 1.165) is 11.3 Å². The first-order chi connectivity index (χ1) is 8.49. The third-order valence-electron chi connectivity index (χ3n) is 2.97. The maximum absolute atomic E-state index is 12.0. The molecular formula is C12H15NO4S. The van der Waals surface area contributed by atoms with Gasteiger partial charge in [-0.25, -0.2) is 4.79 Å². The van der Waals surface area contributed by atoms with E-state index >= 15 is 0 Å². The van der Waals surface area contributed by atoms with Crippen LogP contribution in [0, 0.1) is 12.8 Å². The summed E-state index contributed by atoms with van der Waals surface area (Å²) in [7, 11) is 0. The summed E-state index contributed by atoms with van der Waals surface area (Å²) in [6.45, 7) is 4.34. The highest BCUT2D eigenvalue weighted by Crippen LogP contribution is 2.29. The Hall–Kier alpha value is -1.40. The number of carboxylic acids is 1. The molecule has 0 spiro atoms. The molecule has 2 rings (SSSR count). The van der Waals surface area contributed by atoms with Crippen LogP contribution in [0.5, 0.6) is 0 Å². The van der Waals surface area contributed by atoms with Crippen LogP contribution in [0.3, 0.4) is 0 Å². The Labute approximate surface area is 109 Å². The molecule has 1 aliphatic heterocycles. The van der Waals surface area contributed by atoms with Crippen LogP contribution >= 0.6 is 11.3 Å². The van der Waals surface area contributed by atoms with Crippen molar-refractivity contribution in [1.29, 1.82) is 0 Å². The van der Waals surface area contributed by atoms with Crippen molar-refractivity contribution in [2.75, 3.05) is 11.9 Å².